The number of alkyl halides is 3. The first-order valence-electron chi connectivity index (χ1n) is 10.1. The average Bonchev–Trinajstić information content (AvgIpc) is 3.42. The van der Waals surface area contributed by atoms with Gasteiger partial charge in [0.2, 0.25) is 0 Å². The van der Waals surface area contributed by atoms with Crippen LogP contribution in [0.4, 0.5) is 13.2 Å². The first-order chi connectivity index (χ1) is 13.9. The van der Waals surface area contributed by atoms with E-state index in [-0.39, 0.29) is 41.7 Å². The van der Waals surface area contributed by atoms with Crippen molar-refractivity contribution in [3.63, 3.8) is 0 Å². The largest absolute Gasteiger partial charge is 0.573 e. The highest BCUT2D eigenvalue weighted by Crippen LogP contribution is 2.45. The molecule has 1 aliphatic heterocycles. The number of guanidine groups is 1. The van der Waals surface area contributed by atoms with Crippen molar-refractivity contribution in [3.05, 3.63) is 42.5 Å². The van der Waals surface area contributed by atoms with Crippen LogP contribution < -0.4 is 15.4 Å². The highest BCUT2D eigenvalue weighted by atomic mass is 127. The monoisotopic (exact) mass is 538 g/mol. The first-order valence-corrected chi connectivity index (χ1v) is 10.1. The molecule has 1 aromatic carbocycles. The molecule has 30 heavy (non-hydrogen) atoms. The van der Waals surface area contributed by atoms with E-state index < -0.39 is 6.36 Å². The van der Waals surface area contributed by atoms with Gasteiger partial charge in [0, 0.05) is 44.2 Å². The molecule has 168 valence electrons. The molecule has 1 saturated heterocycles. The zero-order valence-corrected chi connectivity index (χ0v) is 19.5. The normalized spacial score (nSPS) is 22.7. The molecule has 5 nitrogen and oxygen atoms in total. The summed E-state index contributed by atoms with van der Waals surface area (Å²) in [5, 5.41) is 6.88. The number of aliphatic imine (C=N–C) groups is 1. The minimum absolute atomic E-state index is 0. The van der Waals surface area contributed by atoms with Gasteiger partial charge in [-0.15, -0.1) is 43.7 Å². The second-order valence-electron chi connectivity index (χ2n) is 7.51. The summed E-state index contributed by atoms with van der Waals surface area (Å²) in [7, 11) is 0. The smallest absolute Gasteiger partial charge is 0.405 e. The summed E-state index contributed by atoms with van der Waals surface area (Å²) >= 11 is 0. The van der Waals surface area contributed by atoms with E-state index in [1.807, 2.05) is 13.0 Å². The van der Waals surface area contributed by atoms with Gasteiger partial charge in [0.25, 0.3) is 0 Å². The molecule has 0 radical (unpaired) electrons. The molecule has 2 N–H and O–H groups in total. The number of nitrogens with one attached hydrogen (secondary N) is 2. The lowest BCUT2D eigenvalue weighted by Gasteiger charge is -2.32. The van der Waals surface area contributed by atoms with Crippen molar-refractivity contribution in [2.45, 2.75) is 50.6 Å². The molecule has 9 heteroatoms. The van der Waals surface area contributed by atoms with Crippen LogP contribution in [-0.4, -0.2) is 55.5 Å². The Kier molecular flexibility index (Phi) is 9.27. The Morgan fingerprint density at radius 3 is 2.60 bits per heavy atom. The predicted molar refractivity (Wildman–Crippen MR) is 124 cm³/mol. The van der Waals surface area contributed by atoms with Gasteiger partial charge in [-0.1, -0.05) is 24.3 Å². The van der Waals surface area contributed by atoms with Crippen LogP contribution in [-0.2, 0) is 0 Å². The minimum atomic E-state index is -4.69. The van der Waals surface area contributed by atoms with Crippen LogP contribution >= 0.6 is 24.0 Å². The van der Waals surface area contributed by atoms with E-state index in [4.69, 9.17) is 0 Å². The van der Waals surface area contributed by atoms with Gasteiger partial charge in [0.05, 0.1) is 0 Å². The van der Waals surface area contributed by atoms with E-state index in [0.717, 1.165) is 44.9 Å². The molecule has 0 bridgehead atoms. The number of para-hydroxylation sites is 1. The third kappa shape index (κ3) is 7.33. The van der Waals surface area contributed by atoms with Crippen molar-refractivity contribution in [1.29, 1.82) is 0 Å². The minimum Gasteiger partial charge on any atom is -0.405 e. The number of rotatable bonds is 7. The van der Waals surface area contributed by atoms with Crippen LogP contribution in [0.3, 0.4) is 0 Å². The molecule has 2 unspecified atom stereocenters. The van der Waals surface area contributed by atoms with E-state index in [9.17, 15) is 13.2 Å². The SMILES string of the molecule is C=CCN1CCC(NC(=NCC)NC2CC2c2ccccc2OC(F)(F)F)CC1.I. The van der Waals surface area contributed by atoms with Crippen LogP contribution in [0.5, 0.6) is 5.75 Å². The molecule has 1 saturated carbocycles. The van der Waals surface area contributed by atoms with Crippen molar-refractivity contribution >= 4 is 29.9 Å². The number of ether oxygens (including phenoxy) is 1. The number of benzene rings is 1. The lowest BCUT2D eigenvalue weighted by Crippen LogP contribution is -2.49. The third-order valence-electron chi connectivity index (χ3n) is 5.29. The molecule has 2 atom stereocenters. The molecule has 0 aromatic heterocycles. The van der Waals surface area contributed by atoms with Gasteiger partial charge >= 0.3 is 6.36 Å². The fourth-order valence-electron chi connectivity index (χ4n) is 3.81. The molecule has 1 aliphatic carbocycles. The zero-order chi connectivity index (χ0) is 20.9. The lowest BCUT2D eigenvalue weighted by molar-refractivity contribution is -0.274. The van der Waals surface area contributed by atoms with Crippen molar-refractivity contribution in [2.75, 3.05) is 26.2 Å². The van der Waals surface area contributed by atoms with Crippen LogP contribution in [0.25, 0.3) is 0 Å². The summed E-state index contributed by atoms with van der Waals surface area (Å²) in [5.74, 6) is 0.592. The van der Waals surface area contributed by atoms with Gasteiger partial charge in [-0.25, -0.2) is 0 Å². The van der Waals surface area contributed by atoms with Crippen molar-refractivity contribution in [3.8, 4) is 5.75 Å². The fourth-order valence-corrected chi connectivity index (χ4v) is 3.81. The van der Waals surface area contributed by atoms with Gasteiger partial charge in [-0.2, -0.15) is 0 Å². The number of hydrogen-bond donors (Lipinski definition) is 2. The summed E-state index contributed by atoms with van der Waals surface area (Å²) in [4.78, 5) is 6.88. The second kappa shape index (κ2) is 11.2. The molecule has 2 aliphatic rings. The summed E-state index contributed by atoms with van der Waals surface area (Å²) in [6.07, 6.45) is 0.0290. The molecule has 2 fully saturated rings. The Bertz CT molecular complexity index is 720. The molecule has 1 heterocycles. The van der Waals surface area contributed by atoms with Crippen LogP contribution in [0.2, 0.25) is 0 Å². The van der Waals surface area contributed by atoms with Gasteiger partial charge < -0.3 is 15.4 Å². The fraction of sp³-hybridized carbons (Fsp3) is 0.571. The number of likely N-dealkylation sites (tertiary alicyclic amines) is 1. The molecular formula is C21H30F3IN4O. The Morgan fingerprint density at radius 1 is 1.27 bits per heavy atom. The van der Waals surface area contributed by atoms with E-state index in [0.29, 0.717) is 18.2 Å². The third-order valence-corrected chi connectivity index (χ3v) is 5.29. The topological polar surface area (TPSA) is 48.9 Å². The maximum absolute atomic E-state index is 12.7. The zero-order valence-electron chi connectivity index (χ0n) is 17.1. The van der Waals surface area contributed by atoms with E-state index in [1.165, 1.54) is 6.07 Å². The quantitative estimate of drug-likeness (QED) is 0.236. The second-order valence-corrected chi connectivity index (χ2v) is 7.51. The van der Waals surface area contributed by atoms with Gasteiger partial charge in [-0.3, -0.25) is 9.89 Å². The molecule has 1 aromatic rings. The molecular weight excluding hydrogens is 508 g/mol. The van der Waals surface area contributed by atoms with Crippen LogP contribution in [0.1, 0.15) is 37.7 Å². The lowest BCUT2D eigenvalue weighted by atomic mass is 10.1. The molecule has 0 amide bonds. The van der Waals surface area contributed by atoms with Gasteiger partial charge in [0.15, 0.2) is 5.96 Å². The van der Waals surface area contributed by atoms with Crippen molar-refractivity contribution in [1.82, 2.24) is 15.5 Å². The Balaban J connectivity index is 0.00000320. The maximum atomic E-state index is 12.7. The van der Waals surface area contributed by atoms with E-state index in [1.54, 1.807) is 18.2 Å². The van der Waals surface area contributed by atoms with Crippen LogP contribution in [0.15, 0.2) is 41.9 Å². The van der Waals surface area contributed by atoms with Gasteiger partial charge in [-0.05, 0) is 37.8 Å². The van der Waals surface area contributed by atoms with Gasteiger partial charge in [0.1, 0.15) is 5.75 Å². The maximum Gasteiger partial charge on any atom is 0.573 e. The summed E-state index contributed by atoms with van der Waals surface area (Å²) in [6.45, 7) is 9.32. The highest BCUT2D eigenvalue weighted by Gasteiger charge is 2.42. The Hall–Kier alpha value is -1.49. The summed E-state index contributed by atoms with van der Waals surface area (Å²) < 4.78 is 42.2. The highest BCUT2D eigenvalue weighted by molar-refractivity contribution is 14.0. The predicted octanol–water partition coefficient (Wildman–Crippen LogP) is 4.26. The summed E-state index contributed by atoms with van der Waals surface area (Å²) in [5.41, 5.74) is 0.580. The number of hydrogen-bond acceptors (Lipinski definition) is 3. The number of piperidine rings is 1. The van der Waals surface area contributed by atoms with E-state index >= 15 is 0 Å². The Morgan fingerprint density at radius 2 is 1.97 bits per heavy atom. The summed E-state index contributed by atoms with van der Waals surface area (Å²) in [6, 6.07) is 6.75. The number of nitrogens with zero attached hydrogens (tertiary/aromatic N) is 2. The molecule has 0 spiro atoms. The van der Waals surface area contributed by atoms with Crippen molar-refractivity contribution < 1.29 is 17.9 Å². The Labute approximate surface area is 193 Å². The molecule has 3 rings (SSSR count). The number of halogens is 4. The van der Waals surface area contributed by atoms with Crippen LogP contribution in [0, 0.1) is 0 Å². The standard InChI is InChI=1S/C21H29F3N4O.HI/c1-3-11-28-12-9-15(10-13-28)26-20(25-4-2)27-18-14-17(18)16-7-5-6-8-19(16)29-21(22,23)24;/h3,5-8,15,17-18H,1,4,9-14H2,2H3,(H2,25,26,27);1H. The van der Waals surface area contributed by atoms with Crippen molar-refractivity contribution in [2.24, 2.45) is 4.99 Å². The first kappa shape index (κ1) is 24.8. The van der Waals surface area contributed by atoms with E-state index in [2.05, 4.69) is 31.8 Å². The average molecular weight is 538 g/mol.